The number of fused-ring (bicyclic) bond motifs is 1. The smallest absolute Gasteiger partial charge is 0.325 e. The van der Waals surface area contributed by atoms with Crippen LogP contribution in [0.4, 0.5) is 17.5 Å². The lowest BCUT2D eigenvalue weighted by Gasteiger charge is -2.33. The molecule has 0 radical (unpaired) electrons. The number of rotatable bonds is 5. The fraction of sp³-hybridized carbons (Fsp3) is 0.286. The van der Waals surface area contributed by atoms with Crippen LogP contribution in [-0.2, 0) is 0 Å². The van der Waals surface area contributed by atoms with Gasteiger partial charge in [0, 0.05) is 54.9 Å². The average molecular weight is 405 g/mol. The van der Waals surface area contributed by atoms with Gasteiger partial charge in [-0.3, -0.25) is 0 Å². The fourth-order valence-corrected chi connectivity index (χ4v) is 3.55. The molecule has 0 amide bonds. The third kappa shape index (κ3) is 3.92. The maximum Gasteiger partial charge on any atom is 0.325 e. The zero-order valence-corrected chi connectivity index (χ0v) is 16.9. The van der Waals surface area contributed by atoms with Crippen LogP contribution in [0.2, 0.25) is 0 Å². The van der Waals surface area contributed by atoms with Crippen molar-refractivity contribution in [2.75, 3.05) is 43.4 Å². The average Bonchev–Trinajstić information content (AvgIpc) is 3.36. The van der Waals surface area contributed by atoms with E-state index >= 15 is 0 Å². The quantitative estimate of drug-likeness (QED) is 0.521. The summed E-state index contributed by atoms with van der Waals surface area (Å²) in [6.45, 7) is 5.78. The summed E-state index contributed by atoms with van der Waals surface area (Å²) in [5.74, 6) is 2.59. The Labute approximate surface area is 173 Å². The Bertz CT molecular complexity index is 1150. The van der Waals surface area contributed by atoms with E-state index in [9.17, 15) is 0 Å². The molecular weight excluding hydrogens is 382 g/mol. The number of nitrogens with zero attached hydrogens (tertiary/aromatic N) is 5. The molecule has 0 spiro atoms. The first-order valence-electron chi connectivity index (χ1n) is 9.90. The second-order valence-corrected chi connectivity index (χ2v) is 7.49. The van der Waals surface area contributed by atoms with Gasteiger partial charge in [0.15, 0.2) is 0 Å². The minimum Gasteiger partial charge on any atom is -0.424 e. The van der Waals surface area contributed by atoms with E-state index in [4.69, 9.17) is 9.26 Å². The summed E-state index contributed by atoms with van der Waals surface area (Å²) >= 11 is 0. The van der Waals surface area contributed by atoms with Crippen molar-refractivity contribution in [3.63, 3.8) is 0 Å². The molecule has 0 bridgehead atoms. The Morgan fingerprint density at radius 2 is 1.93 bits per heavy atom. The van der Waals surface area contributed by atoms with Crippen molar-refractivity contribution in [2.45, 2.75) is 6.92 Å². The van der Waals surface area contributed by atoms with Crippen molar-refractivity contribution in [3.8, 4) is 11.8 Å². The number of hydrogen-bond acceptors (Lipinski definition) is 8. The molecule has 0 unspecified atom stereocenters. The highest BCUT2D eigenvalue weighted by molar-refractivity contribution is 5.81. The van der Waals surface area contributed by atoms with Crippen LogP contribution < -0.4 is 15.0 Å². The standard InChI is InChI=1S/C21H23N7O2/c1-14-11-15-12-16(3-4-17(15)23-14)29-21-25-18(24-20-5-6-22-30-20)13-19(26-21)28-9-7-27(2)8-10-28/h3-6,11-13,23H,7-10H2,1-2H3,(H,24,25,26). The highest BCUT2D eigenvalue weighted by atomic mass is 16.5. The van der Waals surface area contributed by atoms with Crippen LogP contribution in [0, 0.1) is 6.92 Å². The Hall–Kier alpha value is -3.59. The topological polar surface area (TPSA) is 95.3 Å². The Balaban J connectivity index is 1.46. The minimum absolute atomic E-state index is 0.278. The van der Waals surface area contributed by atoms with E-state index in [1.807, 2.05) is 31.2 Å². The highest BCUT2D eigenvalue weighted by Gasteiger charge is 2.18. The number of likely N-dealkylation sites (N-methyl/N-ethyl adjacent to an activating group) is 1. The summed E-state index contributed by atoms with van der Waals surface area (Å²) in [5.41, 5.74) is 2.17. The SMILES string of the molecule is Cc1cc2cc(Oc3nc(Nc4ccno4)cc(N4CCN(C)CC4)n3)ccc2[nH]1. The van der Waals surface area contributed by atoms with Crippen LogP contribution >= 0.6 is 0 Å². The van der Waals surface area contributed by atoms with Gasteiger partial charge in [0.1, 0.15) is 17.4 Å². The molecule has 4 heterocycles. The molecule has 1 aromatic carbocycles. The van der Waals surface area contributed by atoms with E-state index in [0.29, 0.717) is 17.5 Å². The number of H-pyrrole nitrogens is 1. The molecule has 30 heavy (non-hydrogen) atoms. The molecule has 2 N–H and O–H groups in total. The maximum atomic E-state index is 6.05. The Kier molecular flexibility index (Phi) is 4.72. The van der Waals surface area contributed by atoms with Crippen LogP contribution in [0.5, 0.6) is 11.8 Å². The van der Waals surface area contributed by atoms with E-state index in [-0.39, 0.29) is 6.01 Å². The summed E-state index contributed by atoms with van der Waals surface area (Å²) in [7, 11) is 2.13. The Morgan fingerprint density at radius 1 is 1.07 bits per heavy atom. The van der Waals surface area contributed by atoms with Crippen molar-refractivity contribution in [3.05, 3.63) is 48.3 Å². The molecule has 0 aliphatic carbocycles. The molecule has 1 saturated heterocycles. The summed E-state index contributed by atoms with van der Waals surface area (Å²) in [4.78, 5) is 17.0. The number of nitrogens with one attached hydrogen (secondary N) is 2. The first-order valence-corrected chi connectivity index (χ1v) is 9.90. The number of anilines is 3. The minimum atomic E-state index is 0.278. The van der Waals surface area contributed by atoms with Gasteiger partial charge in [-0.15, -0.1) is 0 Å². The van der Waals surface area contributed by atoms with Gasteiger partial charge in [-0.25, -0.2) is 0 Å². The van der Waals surface area contributed by atoms with Crippen molar-refractivity contribution >= 4 is 28.4 Å². The van der Waals surface area contributed by atoms with Gasteiger partial charge in [-0.05, 0) is 38.2 Å². The van der Waals surface area contributed by atoms with Crippen molar-refractivity contribution in [1.29, 1.82) is 0 Å². The fourth-order valence-electron chi connectivity index (χ4n) is 3.55. The van der Waals surface area contributed by atoms with Gasteiger partial charge in [-0.1, -0.05) is 5.16 Å². The predicted octanol–water partition coefficient (Wildman–Crippen LogP) is 3.54. The Morgan fingerprint density at radius 3 is 2.73 bits per heavy atom. The molecule has 0 saturated carbocycles. The van der Waals surface area contributed by atoms with Gasteiger partial charge in [0.05, 0.1) is 6.20 Å². The maximum absolute atomic E-state index is 6.05. The van der Waals surface area contributed by atoms with Crippen LogP contribution in [0.15, 0.2) is 47.1 Å². The molecule has 3 aromatic heterocycles. The number of aromatic nitrogens is 4. The molecule has 0 atom stereocenters. The summed E-state index contributed by atoms with van der Waals surface area (Å²) < 4.78 is 11.2. The lowest BCUT2D eigenvalue weighted by Crippen LogP contribution is -2.44. The van der Waals surface area contributed by atoms with Gasteiger partial charge in [0.25, 0.3) is 0 Å². The lowest BCUT2D eigenvalue weighted by atomic mass is 10.2. The summed E-state index contributed by atoms with van der Waals surface area (Å²) in [6, 6.07) is 11.9. The van der Waals surface area contributed by atoms with Gasteiger partial charge < -0.3 is 29.4 Å². The van der Waals surface area contributed by atoms with Crippen molar-refractivity contribution in [1.82, 2.24) is 25.0 Å². The van der Waals surface area contributed by atoms with Gasteiger partial charge >= 0.3 is 6.01 Å². The lowest BCUT2D eigenvalue weighted by molar-refractivity contribution is 0.311. The molecule has 9 heteroatoms. The second-order valence-electron chi connectivity index (χ2n) is 7.49. The van der Waals surface area contributed by atoms with E-state index in [0.717, 1.165) is 48.6 Å². The van der Waals surface area contributed by atoms with Crippen LogP contribution in [0.1, 0.15) is 5.69 Å². The van der Waals surface area contributed by atoms with Crippen LogP contribution in [0.3, 0.4) is 0 Å². The molecule has 5 rings (SSSR count). The molecule has 9 nitrogen and oxygen atoms in total. The number of benzene rings is 1. The van der Waals surface area contributed by atoms with E-state index in [2.05, 4.69) is 48.3 Å². The molecule has 154 valence electrons. The highest BCUT2D eigenvalue weighted by Crippen LogP contribution is 2.28. The molecule has 1 aliphatic rings. The molecule has 4 aromatic rings. The number of ether oxygens (including phenoxy) is 1. The third-order valence-corrected chi connectivity index (χ3v) is 5.14. The zero-order valence-electron chi connectivity index (χ0n) is 16.9. The van der Waals surface area contributed by atoms with Crippen molar-refractivity contribution in [2.24, 2.45) is 0 Å². The zero-order chi connectivity index (χ0) is 20.5. The number of aromatic amines is 1. The van der Waals surface area contributed by atoms with Gasteiger partial charge in [0.2, 0.25) is 5.88 Å². The number of aryl methyl sites for hydroxylation is 1. The largest absolute Gasteiger partial charge is 0.424 e. The second kappa shape index (κ2) is 7.68. The first kappa shape index (κ1) is 18.4. The third-order valence-electron chi connectivity index (χ3n) is 5.14. The van der Waals surface area contributed by atoms with E-state index < -0.39 is 0 Å². The molecule has 1 fully saturated rings. The number of hydrogen-bond donors (Lipinski definition) is 2. The number of piperazine rings is 1. The monoisotopic (exact) mass is 405 g/mol. The molecular formula is C21H23N7O2. The van der Waals surface area contributed by atoms with Crippen molar-refractivity contribution < 1.29 is 9.26 Å². The van der Waals surface area contributed by atoms with E-state index in [1.165, 1.54) is 0 Å². The van der Waals surface area contributed by atoms with Crippen LogP contribution in [-0.4, -0.2) is 58.2 Å². The molecule has 1 aliphatic heterocycles. The van der Waals surface area contributed by atoms with Crippen LogP contribution in [0.25, 0.3) is 10.9 Å². The normalized spacial score (nSPS) is 14.9. The van der Waals surface area contributed by atoms with Gasteiger partial charge in [-0.2, -0.15) is 9.97 Å². The summed E-state index contributed by atoms with van der Waals surface area (Å²) in [6.07, 6.45) is 1.58. The van der Waals surface area contributed by atoms with E-state index in [1.54, 1.807) is 12.3 Å². The summed E-state index contributed by atoms with van der Waals surface area (Å²) in [5, 5.41) is 7.94. The predicted molar refractivity (Wildman–Crippen MR) is 115 cm³/mol. The first-order chi connectivity index (χ1) is 14.6.